The fourth-order valence-electron chi connectivity index (χ4n) is 2.05. The highest BCUT2D eigenvalue weighted by atomic mass is 16.6. The molecule has 116 valence electrons. The lowest BCUT2D eigenvalue weighted by atomic mass is 10.0. The van der Waals surface area contributed by atoms with Gasteiger partial charge in [0.15, 0.2) is 11.9 Å². The minimum atomic E-state index is -1.35. The monoisotopic (exact) mass is 288 g/mol. The molecule has 6 nitrogen and oxygen atoms in total. The van der Waals surface area contributed by atoms with Crippen LogP contribution in [0.3, 0.4) is 0 Å². The lowest BCUT2D eigenvalue weighted by Crippen LogP contribution is -2.31. The summed E-state index contributed by atoms with van der Waals surface area (Å²) in [6.45, 7) is 3.87. The zero-order valence-electron chi connectivity index (χ0n) is 12.0. The van der Waals surface area contributed by atoms with Crippen molar-refractivity contribution < 1.29 is 29.6 Å². The zero-order valence-corrected chi connectivity index (χ0v) is 12.0. The Hall–Kier alpha value is -1.27. The van der Waals surface area contributed by atoms with Gasteiger partial charge in [-0.05, 0) is 12.3 Å². The van der Waals surface area contributed by atoms with Crippen LogP contribution in [0.1, 0.15) is 39.5 Å². The molecule has 0 spiro atoms. The number of rotatable bonds is 9. The first-order valence-corrected chi connectivity index (χ1v) is 7.10. The van der Waals surface area contributed by atoms with E-state index in [1.165, 1.54) is 0 Å². The molecule has 3 unspecified atom stereocenters. The van der Waals surface area contributed by atoms with E-state index in [2.05, 4.69) is 6.92 Å². The number of carbonyl (C=O) groups excluding carboxylic acids is 1. The summed E-state index contributed by atoms with van der Waals surface area (Å²) in [7, 11) is 0. The second-order valence-corrected chi connectivity index (χ2v) is 5.02. The smallest absolute Gasteiger partial charge is 0.378 e. The lowest BCUT2D eigenvalue weighted by Gasteiger charge is -2.15. The SMILES string of the molecule is CCCCC(CC)COC1=C(O)C(C(O)CO)OC1=O. The van der Waals surface area contributed by atoms with E-state index in [1.807, 2.05) is 6.92 Å². The Morgan fingerprint density at radius 3 is 2.65 bits per heavy atom. The second kappa shape index (κ2) is 8.11. The van der Waals surface area contributed by atoms with Crippen molar-refractivity contribution >= 4 is 5.97 Å². The van der Waals surface area contributed by atoms with Gasteiger partial charge in [-0.1, -0.05) is 33.1 Å². The molecule has 3 N–H and O–H groups in total. The molecule has 1 aliphatic heterocycles. The van der Waals surface area contributed by atoms with Gasteiger partial charge in [-0.3, -0.25) is 0 Å². The summed E-state index contributed by atoms with van der Waals surface area (Å²) in [6.07, 6.45) is 1.52. The zero-order chi connectivity index (χ0) is 15.1. The minimum absolute atomic E-state index is 0.252. The Morgan fingerprint density at radius 2 is 2.10 bits per heavy atom. The standard InChI is InChI=1S/C14H24O6/c1-3-5-6-9(4-2)8-19-13-11(17)12(10(16)7-15)20-14(13)18/h9-10,12,15-17H,3-8H2,1-2H3. The number of hydrogen-bond acceptors (Lipinski definition) is 6. The number of aliphatic hydroxyl groups excluding tert-OH is 3. The van der Waals surface area contributed by atoms with Gasteiger partial charge in [-0.15, -0.1) is 0 Å². The van der Waals surface area contributed by atoms with Crippen LogP contribution in [0.15, 0.2) is 11.5 Å². The molecule has 6 heteroatoms. The van der Waals surface area contributed by atoms with E-state index in [-0.39, 0.29) is 5.76 Å². The van der Waals surface area contributed by atoms with Gasteiger partial charge in [0.05, 0.1) is 13.2 Å². The largest absolute Gasteiger partial charge is 0.505 e. The molecule has 0 aromatic rings. The van der Waals surface area contributed by atoms with Crippen LogP contribution < -0.4 is 0 Å². The van der Waals surface area contributed by atoms with Crippen molar-refractivity contribution in [3.05, 3.63) is 11.5 Å². The average molecular weight is 288 g/mol. The van der Waals surface area contributed by atoms with E-state index in [0.29, 0.717) is 12.5 Å². The van der Waals surface area contributed by atoms with E-state index in [9.17, 15) is 15.0 Å². The van der Waals surface area contributed by atoms with Crippen LogP contribution in [0.25, 0.3) is 0 Å². The predicted octanol–water partition coefficient (Wildman–Crippen LogP) is 1.27. The summed E-state index contributed by atoms with van der Waals surface area (Å²) in [4.78, 5) is 11.6. The third-order valence-electron chi connectivity index (χ3n) is 3.46. The molecule has 3 atom stereocenters. The molecule has 0 bridgehead atoms. The van der Waals surface area contributed by atoms with Crippen molar-refractivity contribution in [1.82, 2.24) is 0 Å². The average Bonchev–Trinajstić information content (AvgIpc) is 2.74. The fraction of sp³-hybridized carbons (Fsp3) is 0.786. The predicted molar refractivity (Wildman–Crippen MR) is 71.9 cm³/mol. The highest BCUT2D eigenvalue weighted by molar-refractivity contribution is 5.89. The van der Waals surface area contributed by atoms with Gasteiger partial charge in [0.25, 0.3) is 0 Å². The molecule has 0 aromatic heterocycles. The maximum Gasteiger partial charge on any atom is 0.378 e. The first kappa shape index (κ1) is 16.8. The number of cyclic esters (lactones) is 1. The first-order valence-electron chi connectivity index (χ1n) is 7.10. The van der Waals surface area contributed by atoms with Crippen LogP contribution in [-0.4, -0.2) is 46.7 Å². The Labute approximate surface area is 119 Å². The van der Waals surface area contributed by atoms with Crippen LogP contribution in [0.5, 0.6) is 0 Å². The van der Waals surface area contributed by atoms with Crippen LogP contribution in [-0.2, 0) is 14.3 Å². The summed E-state index contributed by atoms with van der Waals surface area (Å²) in [6, 6.07) is 0. The Kier molecular flexibility index (Phi) is 6.81. The lowest BCUT2D eigenvalue weighted by molar-refractivity contribution is -0.148. The molecular formula is C14H24O6. The molecule has 1 aliphatic rings. The van der Waals surface area contributed by atoms with Gasteiger partial charge in [0.2, 0.25) is 5.76 Å². The quantitative estimate of drug-likeness (QED) is 0.553. The van der Waals surface area contributed by atoms with Gasteiger partial charge < -0.3 is 24.8 Å². The molecule has 1 rings (SSSR count). The van der Waals surface area contributed by atoms with Crippen molar-refractivity contribution in [3.8, 4) is 0 Å². The molecule has 0 saturated heterocycles. The maximum absolute atomic E-state index is 11.6. The van der Waals surface area contributed by atoms with Crippen LogP contribution in [0.4, 0.5) is 0 Å². The Balaban J connectivity index is 2.60. The molecule has 0 aliphatic carbocycles. The third kappa shape index (κ3) is 4.11. The Bertz CT molecular complexity index is 352. The molecule has 0 fully saturated rings. The molecule has 20 heavy (non-hydrogen) atoms. The van der Waals surface area contributed by atoms with Gasteiger partial charge in [-0.25, -0.2) is 4.79 Å². The number of hydrogen-bond donors (Lipinski definition) is 3. The number of unbranched alkanes of at least 4 members (excludes halogenated alkanes) is 1. The van der Waals surface area contributed by atoms with Gasteiger partial charge in [-0.2, -0.15) is 0 Å². The van der Waals surface area contributed by atoms with E-state index in [0.717, 1.165) is 25.7 Å². The molecule has 0 radical (unpaired) electrons. The number of aliphatic hydroxyl groups is 3. The number of esters is 1. The van der Waals surface area contributed by atoms with Crippen molar-refractivity contribution in [3.63, 3.8) is 0 Å². The summed E-state index contributed by atoms with van der Waals surface area (Å²) in [5.74, 6) is -1.19. The van der Waals surface area contributed by atoms with Gasteiger partial charge >= 0.3 is 5.97 Å². The summed E-state index contributed by atoms with van der Waals surface area (Å²) in [5, 5.41) is 28.1. The van der Waals surface area contributed by atoms with Crippen LogP contribution >= 0.6 is 0 Å². The van der Waals surface area contributed by atoms with Crippen LogP contribution in [0, 0.1) is 5.92 Å². The van der Waals surface area contributed by atoms with Crippen molar-refractivity contribution in [2.24, 2.45) is 5.92 Å². The maximum atomic E-state index is 11.6. The molecule has 1 heterocycles. The van der Waals surface area contributed by atoms with E-state index in [4.69, 9.17) is 14.6 Å². The number of carbonyl (C=O) groups is 1. The van der Waals surface area contributed by atoms with Gasteiger partial charge in [0.1, 0.15) is 6.10 Å². The minimum Gasteiger partial charge on any atom is -0.505 e. The van der Waals surface area contributed by atoms with Crippen molar-refractivity contribution in [2.75, 3.05) is 13.2 Å². The second-order valence-electron chi connectivity index (χ2n) is 5.02. The third-order valence-corrected chi connectivity index (χ3v) is 3.46. The normalized spacial score (nSPS) is 21.8. The van der Waals surface area contributed by atoms with Crippen molar-refractivity contribution in [1.29, 1.82) is 0 Å². The summed E-state index contributed by atoms with van der Waals surface area (Å²) in [5.41, 5.74) is 0. The summed E-state index contributed by atoms with van der Waals surface area (Å²) < 4.78 is 10.2. The van der Waals surface area contributed by atoms with Crippen molar-refractivity contribution in [2.45, 2.75) is 51.7 Å². The van der Waals surface area contributed by atoms with Crippen LogP contribution in [0.2, 0.25) is 0 Å². The van der Waals surface area contributed by atoms with E-state index < -0.39 is 30.5 Å². The highest BCUT2D eigenvalue weighted by Gasteiger charge is 2.40. The number of ether oxygens (including phenoxy) is 2. The van der Waals surface area contributed by atoms with Gasteiger partial charge in [0, 0.05) is 0 Å². The fourth-order valence-corrected chi connectivity index (χ4v) is 2.05. The summed E-state index contributed by atoms with van der Waals surface area (Å²) >= 11 is 0. The molecule has 0 aromatic carbocycles. The molecule has 0 amide bonds. The molecule has 0 saturated carbocycles. The molecular weight excluding hydrogens is 264 g/mol. The highest BCUT2D eigenvalue weighted by Crippen LogP contribution is 2.25. The first-order chi connectivity index (χ1) is 9.54. The van der Waals surface area contributed by atoms with E-state index >= 15 is 0 Å². The van der Waals surface area contributed by atoms with E-state index in [1.54, 1.807) is 0 Å². The Morgan fingerprint density at radius 1 is 1.40 bits per heavy atom. The topological polar surface area (TPSA) is 96.2 Å².